The number of morpholine rings is 1. The first-order valence-corrected chi connectivity index (χ1v) is 10.9. The van der Waals surface area contributed by atoms with Crippen LogP contribution in [0.1, 0.15) is 16.7 Å². The van der Waals surface area contributed by atoms with Gasteiger partial charge in [0.15, 0.2) is 0 Å². The summed E-state index contributed by atoms with van der Waals surface area (Å²) in [6.45, 7) is 10.5. The maximum absolute atomic E-state index is 12.6. The van der Waals surface area contributed by atoms with Crippen LogP contribution in [-0.4, -0.2) is 68.3 Å². The number of rotatable bonds is 5. The lowest BCUT2D eigenvalue weighted by atomic mass is 10.1. The average Bonchev–Trinajstić information content (AvgIpc) is 2.79. The largest absolute Gasteiger partial charge is 0.378 e. The number of carbonyl (C=O) groups is 1. The van der Waals surface area contributed by atoms with Crippen LogP contribution in [0.2, 0.25) is 0 Å². The van der Waals surface area contributed by atoms with Gasteiger partial charge in [-0.05, 0) is 30.2 Å². The fourth-order valence-corrected chi connectivity index (χ4v) is 4.11. The summed E-state index contributed by atoms with van der Waals surface area (Å²) < 4.78 is 5.41. The Balaban J connectivity index is 1.20. The van der Waals surface area contributed by atoms with Crippen LogP contribution < -0.4 is 10.2 Å². The molecule has 6 heteroatoms. The zero-order valence-corrected chi connectivity index (χ0v) is 17.8. The Morgan fingerprint density at radius 2 is 1.67 bits per heavy atom. The first kappa shape index (κ1) is 20.7. The van der Waals surface area contributed by atoms with Crippen molar-refractivity contribution in [2.24, 2.45) is 0 Å². The van der Waals surface area contributed by atoms with E-state index in [1.54, 1.807) is 0 Å². The van der Waals surface area contributed by atoms with E-state index in [1.807, 2.05) is 4.90 Å². The number of aryl methyl sites for hydroxylation is 1. The highest BCUT2D eigenvalue weighted by Gasteiger charge is 2.21. The molecule has 0 radical (unpaired) electrons. The van der Waals surface area contributed by atoms with Crippen LogP contribution in [0.15, 0.2) is 48.5 Å². The molecule has 2 saturated heterocycles. The van der Waals surface area contributed by atoms with E-state index >= 15 is 0 Å². The predicted octanol–water partition coefficient (Wildman–Crippen LogP) is 2.86. The van der Waals surface area contributed by atoms with Crippen molar-refractivity contribution in [2.75, 3.05) is 57.4 Å². The predicted molar refractivity (Wildman–Crippen MR) is 120 cm³/mol. The lowest BCUT2D eigenvalue weighted by molar-refractivity contribution is 0.122. The number of piperazine rings is 1. The quantitative estimate of drug-likeness (QED) is 0.827. The van der Waals surface area contributed by atoms with Crippen molar-refractivity contribution in [1.82, 2.24) is 15.1 Å². The van der Waals surface area contributed by atoms with Crippen LogP contribution >= 0.6 is 0 Å². The number of nitrogens with one attached hydrogen (secondary N) is 1. The molecule has 2 aromatic carbocycles. The van der Waals surface area contributed by atoms with E-state index in [0.29, 0.717) is 6.54 Å². The number of anilines is 1. The summed E-state index contributed by atoms with van der Waals surface area (Å²) in [5.74, 6) is 0. The summed E-state index contributed by atoms with van der Waals surface area (Å²) in [5, 5.41) is 3.07. The maximum atomic E-state index is 12.6. The molecular weight excluding hydrogens is 376 g/mol. The number of hydrogen-bond donors (Lipinski definition) is 1. The fraction of sp³-hybridized carbons (Fsp3) is 0.458. The van der Waals surface area contributed by atoms with E-state index < -0.39 is 0 Å². The van der Waals surface area contributed by atoms with Crippen LogP contribution in [0.4, 0.5) is 10.5 Å². The molecule has 2 aliphatic heterocycles. The Labute approximate surface area is 179 Å². The molecule has 0 aliphatic carbocycles. The summed E-state index contributed by atoms with van der Waals surface area (Å²) in [7, 11) is 0. The average molecular weight is 409 g/mol. The van der Waals surface area contributed by atoms with Crippen LogP contribution in [0.25, 0.3) is 0 Å². The number of nitrogens with zero attached hydrogens (tertiary/aromatic N) is 3. The van der Waals surface area contributed by atoms with Crippen LogP contribution in [-0.2, 0) is 17.8 Å². The summed E-state index contributed by atoms with van der Waals surface area (Å²) in [4.78, 5) is 19.2. The molecule has 2 aromatic rings. The van der Waals surface area contributed by atoms with Gasteiger partial charge in [-0.25, -0.2) is 4.79 Å². The van der Waals surface area contributed by atoms with Crippen molar-refractivity contribution < 1.29 is 9.53 Å². The summed E-state index contributed by atoms with van der Waals surface area (Å²) in [6, 6.07) is 17.2. The third-order valence-corrected chi connectivity index (χ3v) is 5.90. The number of benzene rings is 2. The Kier molecular flexibility index (Phi) is 6.87. The highest BCUT2D eigenvalue weighted by atomic mass is 16.5. The standard InChI is InChI=1S/C24H32N4O2/c1-20-3-2-4-22(17-20)19-26-9-11-28(12-10-26)24(29)25-18-21-5-7-23(8-6-21)27-13-15-30-16-14-27/h2-8,17H,9-16,18-19H2,1H3,(H,25,29). The Morgan fingerprint density at radius 1 is 0.933 bits per heavy atom. The maximum Gasteiger partial charge on any atom is 0.317 e. The van der Waals surface area contributed by atoms with E-state index in [-0.39, 0.29) is 6.03 Å². The smallest absolute Gasteiger partial charge is 0.317 e. The SMILES string of the molecule is Cc1cccc(CN2CCN(C(=O)NCc3ccc(N4CCOCC4)cc3)CC2)c1. The van der Waals surface area contributed by atoms with Gasteiger partial charge in [-0.1, -0.05) is 42.0 Å². The van der Waals surface area contributed by atoms with Gasteiger partial charge in [0.05, 0.1) is 13.2 Å². The Morgan fingerprint density at radius 3 is 2.37 bits per heavy atom. The highest BCUT2D eigenvalue weighted by Crippen LogP contribution is 2.17. The Bertz CT molecular complexity index is 825. The van der Waals surface area contributed by atoms with Gasteiger partial charge in [0.2, 0.25) is 0 Å². The second kappa shape index (κ2) is 9.96. The first-order chi connectivity index (χ1) is 14.7. The topological polar surface area (TPSA) is 48.0 Å². The molecule has 0 spiro atoms. The summed E-state index contributed by atoms with van der Waals surface area (Å²) >= 11 is 0. The molecule has 2 fully saturated rings. The third kappa shape index (κ3) is 5.52. The molecule has 160 valence electrons. The van der Waals surface area contributed by atoms with Gasteiger partial charge in [0.1, 0.15) is 0 Å². The lowest BCUT2D eigenvalue weighted by Gasteiger charge is -2.34. The van der Waals surface area contributed by atoms with Gasteiger partial charge in [-0.15, -0.1) is 0 Å². The van der Waals surface area contributed by atoms with Crippen molar-refractivity contribution in [1.29, 1.82) is 0 Å². The molecule has 0 bridgehead atoms. The van der Waals surface area contributed by atoms with Gasteiger partial charge in [0.25, 0.3) is 0 Å². The molecule has 1 N–H and O–H groups in total. The van der Waals surface area contributed by atoms with Gasteiger partial charge < -0.3 is 19.9 Å². The number of ether oxygens (including phenoxy) is 1. The van der Waals surface area contributed by atoms with Crippen LogP contribution in [0, 0.1) is 6.92 Å². The fourth-order valence-electron chi connectivity index (χ4n) is 4.11. The van der Waals surface area contributed by atoms with E-state index in [2.05, 4.69) is 70.6 Å². The molecule has 2 amide bonds. The Hall–Kier alpha value is -2.57. The zero-order valence-electron chi connectivity index (χ0n) is 17.8. The van der Waals surface area contributed by atoms with Crippen molar-refractivity contribution in [2.45, 2.75) is 20.0 Å². The highest BCUT2D eigenvalue weighted by molar-refractivity contribution is 5.74. The van der Waals surface area contributed by atoms with E-state index in [4.69, 9.17) is 4.74 Å². The summed E-state index contributed by atoms with van der Waals surface area (Å²) in [6.07, 6.45) is 0. The first-order valence-electron chi connectivity index (χ1n) is 10.9. The van der Waals surface area contributed by atoms with Gasteiger partial charge >= 0.3 is 6.03 Å². The van der Waals surface area contributed by atoms with Crippen molar-refractivity contribution in [3.05, 3.63) is 65.2 Å². The third-order valence-electron chi connectivity index (χ3n) is 5.90. The lowest BCUT2D eigenvalue weighted by Crippen LogP contribution is -2.51. The molecule has 2 aliphatic rings. The molecule has 4 rings (SSSR count). The minimum atomic E-state index is 0.0301. The van der Waals surface area contributed by atoms with Crippen molar-refractivity contribution >= 4 is 11.7 Å². The normalized spacial score (nSPS) is 17.8. The number of amides is 2. The molecule has 30 heavy (non-hydrogen) atoms. The van der Waals surface area contributed by atoms with Crippen LogP contribution in [0.3, 0.4) is 0 Å². The molecular formula is C24H32N4O2. The molecule has 0 unspecified atom stereocenters. The van der Waals surface area contributed by atoms with Gasteiger partial charge in [-0.3, -0.25) is 4.90 Å². The van der Waals surface area contributed by atoms with Gasteiger partial charge in [-0.2, -0.15) is 0 Å². The molecule has 0 aromatic heterocycles. The van der Waals surface area contributed by atoms with Crippen LogP contribution in [0.5, 0.6) is 0 Å². The van der Waals surface area contributed by atoms with Gasteiger partial charge in [0, 0.05) is 58.0 Å². The van der Waals surface area contributed by atoms with E-state index in [0.717, 1.165) is 64.6 Å². The van der Waals surface area contributed by atoms with Crippen molar-refractivity contribution in [3.63, 3.8) is 0 Å². The van der Waals surface area contributed by atoms with Crippen molar-refractivity contribution in [3.8, 4) is 0 Å². The second-order valence-electron chi connectivity index (χ2n) is 8.18. The van der Waals surface area contributed by atoms with E-state index in [1.165, 1.54) is 16.8 Å². The minimum absolute atomic E-state index is 0.0301. The number of hydrogen-bond acceptors (Lipinski definition) is 4. The molecule has 0 saturated carbocycles. The number of carbonyl (C=O) groups excluding carboxylic acids is 1. The summed E-state index contributed by atoms with van der Waals surface area (Å²) in [5.41, 5.74) is 4.98. The zero-order chi connectivity index (χ0) is 20.8. The number of urea groups is 1. The molecule has 0 atom stereocenters. The van der Waals surface area contributed by atoms with E-state index in [9.17, 15) is 4.79 Å². The molecule has 6 nitrogen and oxygen atoms in total. The monoisotopic (exact) mass is 408 g/mol. The second-order valence-corrected chi connectivity index (χ2v) is 8.18. The minimum Gasteiger partial charge on any atom is -0.378 e. The molecule has 2 heterocycles.